The molecule has 0 N–H and O–H groups in total. The molecule has 10 aromatic rings. The van der Waals surface area contributed by atoms with Crippen LogP contribution in [0.15, 0.2) is 185 Å². The third-order valence-corrected chi connectivity index (χ3v) is 9.56. The quantitative estimate of drug-likeness (QED) is 0.164. The minimum absolute atomic E-state index is 0.581. The van der Waals surface area contributed by atoms with Gasteiger partial charge in [0.05, 0.1) is 5.69 Å². The van der Waals surface area contributed by atoms with E-state index in [1.165, 1.54) is 0 Å². The van der Waals surface area contributed by atoms with Gasteiger partial charge in [0.15, 0.2) is 17.0 Å². The molecule has 0 aliphatic carbocycles. The molecule has 6 aromatic carbocycles. The zero-order valence-electron chi connectivity index (χ0n) is 28.8. The average Bonchev–Trinajstić information content (AvgIpc) is 3.90. The molecule has 0 fully saturated rings. The molecule has 0 aliphatic rings. The van der Waals surface area contributed by atoms with Crippen molar-refractivity contribution in [3.05, 3.63) is 176 Å². The number of hydrogen-bond donors (Lipinski definition) is 0. The summed E-state index contributed by atoms with van der Waals surface area (Å²) in [4.78, 5) is 23.4. The van der Waals surface area contributed by atoms with Gasteiger partial charge >= 0.3 is 0 Å². The van der Waals surface area contributed by atoms with E-state index >= 15 is 0 Å². The summed E-state index contributed by atoms with van der Waals surface area (Å²) < 4.78 is 12.0. The van der Waals surface area contributed by atoms with E-state index in [1.54, 1.807) is 12.4 Å². The Hall–Kier alpha value is -7.51. The molecule has 0 aliphatic heterocycles. The second-order valence-electron chi connectivity index (χ2n) is 12.9. The fourth-order valence-corrected chi connectivity index (χ4v) is 6.73. The highest BCUT2D eigenvalue weighted by atomic mass is 16.4. The minimum atomic E-state index is 0.581. The van der Waals surface area contributed by atoms with Crippen LogP contribution in [0.3, 0.4) is 0 Å². The first kappa shape index (κ1) is 31.2. The number of hydrogen-bond acceptors (Lipinski definition) is 7. The third kappa shape index (κ3) is 5.89. The Morgan fingerprint density at radius 2 is 0.759 bits per heavy atom. The normalized spacial score (nSPS) is 11.3. The van der Waals surface area contributed by atoms with Gasteiger partial charge in [-0.25, -0.2) is 24.9 Å². The standard InChI is InChI=1S/C47H29N5O2/c1-3-8-42-39(6-1)51-46(53-42)36-22-14-32(15-23-36)30-10-18-34(19-11-30)38-26-27-41(45-48-28-5-29-49-45)50-44(38)35-20-12-31(13-21-35)33-16-24-37(25-17-33)47-52-40-7-2-4-9-43(40)54-47/h1-29H. The van der Waals surface area contributed by atoms with Gasteiger partial charge in [-0.1, -0.05) is 97.1 Å². The maximum absolute atomic E-state index is 5.98. The summed E-state index contributed by atoms with van der Waals surface area (Å²) in [6.45, 7) is 0. The fourth-order valence-electron chi connectivity index (χ4n) is 6.73. The lowest BCUT2D eigenvalue weighted by Crippen LogP contribution is -1.95. The summed E-state index contributed by atoms with van der Waals surface area (Å²) in [6.07, 6.45) is 3.47. The Morgan fingerprint density at radius 1 is 0.333 bits per heavy atom. The predicted molar refractivity (Wildman–Crippen MR) is 213 cm³/mol. The van der Waals surface area contributed by atoms with Crippen LogP contribution < -0.4 is 0 Å². The molecule has 4 heterocycles. The lowest BCUT2D eigenvalue weighted by Gasteiger charge is -2.13. The van der Waals surface area contributed by atoms with Gasteiger partial charge in [-0.3, -0.25) is 0 Å². The highest BCUT2D eigenvalue weighted by Crippen LogP contribution is 2.36. The van der Waals surface area contributed by atoms with E-state index in [0.717, 1.165) is 78.0 Å². The molecule has 0 unspecified atom stereocenters. The number of benzene rings is 6. The van der Waals surface area contributed by atoms with Gasteiger partial charge in [0.25, 0.3) is 0 Å². The van der Waals surface area contributed by atoms with Crippen LogP contribution in [0, 0.1) is 0 Å². The molecule has 10 rings (SSSR count). The summed E-state index contributed by atoms with van der Waals surface area (Å²) in [5, 5.41) is 0. The number of para-hydroxylation sites is 4. The van der Waals surface area contributed by atoms with Crippen LogP contribution in [0.5, 0.6) is 0 Å². The molecule has 7 heteroatoms. The average molecular weight is 696 g/mol. The zero-order valence-corrected chi connectivity index (χ0v) is 28.8. The molecule has 7 nitrogen and oxygen atoms in total. The van der Waals surface area contributed by atoms with Crippen LogP contribution in [0.1, 0.15) is 0 Å². The van der Waals surface area contributed by atoms with E-state index in [9.17, 15) is 0 Å². The van der Waals surface area contributed by atoms with Crippen LogP contribution in [-0.2, 0) is 0 Å². The summed E-state index contributed by atoms with van der Waals surface area (Å²) in [5.74, 6) is 1.81. The van der Waals surface area contributed by atoms with E-state index in [1.807, 2.05) is 72.8 Å². The zero-order chi connectivity index (χ0) is 35.8. The summed E-state index contributed by atoms with van der Waals surface area (Å²) in [6, 6.07) is 55.2. The number of fused-ring (bicyclic) bond motifs is 2. The minimum Gasteiger partial charge on any atom is -0.436 e. The van der Waals surface area contributed by atoms with Crippen LogP contribution >= 0.6 is 0 Å². The van der Waals surface area contributed by atoms with Crippen LogP contribution in [0.4, 0.5) is 0 Å². The molecule has 0 saturated carbocycles. The van der Waals surface area contributed by atoms with E-state index in [0.29, 0.717) is 23.3 Å². The topological polar surface area (TPSA) is 90.7 Å². The number of rotatable bonds is 7. The fraction of sp³-hybridized carbons (Fsp3) is 0. The molecule has 0 atom stereocenters. The van der Waals surface area contributed by atoms with Gasteiger partial charge in [-0.15, -0.1) is 0 Å². The largest absolute Gasteiger partial charge is 0.436 e. The van der Waals surface area contributed by atoms with Crippen LogP contribution in [-0.4, -0.2) is 24.9 Å². The van der Waals surface area contributed by atoms with Crippen molar-refractivity contribution in [2.24, 2.45) is 0 Å². The lowest BCUT2D eigenvalue weighted by molar-refractivity contribution is 0.619. The number of aromatic nitrogens is 5. The van der Waals surface area contributed by atoms with Gasteiger partial charge in [-0.05, 0) is 94.5 Å². The molecule has 0 amide bonds. The second-order valence-corrected chi connectivity index (χ2v) is 12.9. The molecule has 254 valence electrons. The van der Waals surface area contributed by atoms with Gasteiger partial charge in [0.1, 0.15) is 16.7 Å². The lowest BCUT2D eigenvalue weighted by atomic mass is 9.95. The molecule has 4 aromatic heterocycles. The van der Waals surface area contributed by atoms with Crippen molar-refractivity contribution in [3.63, 3.8) is 0 Å². The summed E-state index contributed by atoms with van der Waals surface area (Å²) in [5.41, 5.74) is 14.2. The van der Waals surface area contributed by atoms with Gasteiger partial charge < -0.3 is 8.83 Å². The first-order valence-corrected chi connectivity index (χ1v) is 17.6. The number of nitrogens with zero attached hydrogens (tertiary/aromatic N) is 5. The van der Waals surface area contributed by atoms with E-state index in [-0.39, 0.29) is 0 Å². The molecule has 0 spiro atoms. The molecule has 0 bridgehead atoms. The number of pyridine rings is 1. The van der Waals surface area contributed by atoms with Gasteiger partial charge in [0.2, 0.25) is 11.8 Å². The second kappa shape index (κ2) is 13.2. The molecule has 0 saturated heterocycles. The van der Waals surface area contributed by atoms with Crippen molar-refractivity contribution in [2.75, 3.05) is 0 Å². The Kier molecular flexibility index (Phi) is 7.66. The highest BCUT2D eigenvalue weighted by molar-refractivity contribution is 5.85. The van der Waals surface area contributed by atoms with E-state index in [4.69, 9.17) is 13.8 Å². The van der Waals surface area contributed by atoms with Crippen molar-refractivity contribution in [2.45, 2.75) is 0 Å². The molecule has 54 heavy (non-hydrogen) atoms. The van der Waals surface area contributed by atoms with Crippen LogP contribution in [0.2, 0.25) is 0 Å². The SMILES string of the molecule is c1cnc(-c2ccc(-c3ccc(-c4ccc(-c5nc6ccccc6o5)cc4)cc3)c(-c3ccc(-c4ccc(-c5nc6ccccc6o5)cc4)cc3)n2)nc1. The van der Waals surface area contributed by atoms with Crippen molar-refractivity contribution in [1.29, 1.82) is 0 Å². The maximum Gasteiger partial charge on any atom is 0.227 e. The first-order valence-electron chi connectivity index (χ1n) is 17.6. The molecular weight excluding hydrogens is 667 g/mol. The van der Waals surface area contributed by atoms with Crippen molar-refractivity contribution < 1.29 is 8.83 Å². The molecule has 0 radical (unpaired) electrons. The van der Waals surface area contributed by atoms with E-state index < -0.39 is 0 Å². The third-order valence-electron chi connectivity index (χ3n) is 9.56. The predicted octanol–water partition coefficient (Wildman–Crippen LogP) is 11.8. The monoisotopic (exact) mass is 695 g/mol. The molecular formula is C47H29N5O2. The van der Waals surface area contributed by atoms with Crippen molar-refractivity contribution in [1.82, 2.24) is 24.9 Å². The summed E-state index contributed by atoms with van der Waals surface area (Å²) >= 11 is 0. The Morgan fingerprint density at radius 3 is 1.24 bits per heavy atom. The Balaban J connectivity index is 0.944. The van der Waals surface area contributed by atoms with Crippen molar-refractivity contribution in [3.8, 4) is 79.1 Å². The maximum atomic E-state index is 5.98. The van der Waals surface area contributed by atoms with Crippen molar-refractivity contribution >= 4 is 22.2 Å². The Labute approximate surface area is 310 Å². The smallest absolute Gasteiger partial charge is 0.227 e. The highest BCUT2D eigenvalue weighted by Gasteiger charge is 2.15. The Bertz CT molecular complexity index is 2830. The van der Waals surface area contributed by atoms with Crippen LogP contribution in [0.25, 0.3) is 101 Å². The summed E-state index contributed by atoms with van der Waals surface area (Å²) in [7, 11) is 0. The van der Waals surface area contributed by atoms with E-state index in [2.05, 4.69) is 111 Å². The first-order chi connectivity index (χ1) is 26.7. The number of oxazole rings is 2. The van der Waals surface area contributed by atoms with Gasteiger partial charge in [0, 0.05) is 34.6 Å². The van der Waals surface area contributed by atoms with Gasteiger partial charge in [-0.2, -0.15) is 0 Å².